The van der Waals surface area contributed by atoms with Crippen molar-refractivity contribution in [3.63, 3.8) is 0 Å². The van der Waals surface area contributed by atoms with Gasteiger partial charge in [0.1, 0.15) is 35.4 Å². The van der Waals surface area contributed by atoms with E-state index in [0.29, 0.717) is 17.7 Å². The van der Waals surface area contributed by atoms with Crippen LogP contribution in [0.1, 0.15) is 35.6 Å². The lowest BCUT2D eigenvalue weighted by Crippen LogP contribution is -3.08. The first-order valence-electron chi connectivity index (χ1n) is 9.83. The van der Waals surface area contributed by atoms with Crippen LogP contribution in [-0.2, 0) is 6.54 Å². The van der Waals surface area contributed by atoms with Gasteiger partial charge in [-0.3, -0.25) is 0 Å². The molecule has 0 amide bonds. The van der Waals surface area contributed by atoms with E-state index in [2.05, 4.69) is 6.07 Å². The molecule has 0 aliphatic carbocycles. The van der Waals surface area contributed by atoms with Crippen molar-refractivity contribution >= 4 is 11.0 Å². The standard InChI is InChI=1S/C23H25NO5/c1-14-20(25)9-8-17-15(11-22(26)29-23(14)17)13-24-10-4-5-19(24)18-7-6-16(27-2)12-21(18)28-3/h6-9,11-12,19,25H,4-5,10,13H2,1-3H3/p+1/t19-/m1/s1. The Hall–Kier alpha value is -2.99. The first-order valence-corrected chi connectivity index (χ1v) is 9.83. The third kappa shape index (κ3) is 3.56. The maximum absolute atomic E-state index is 12.2. The second-order valence-electron chi connectivity index (χ2n) is 7.56. The molecule has 1 aliphatic heterocycles. The van der Waals surface area contributed by atoms with Gasteiger partial charge in [-0.15, -0.1) is 0 Å². The number of aryl methyl sites for hydroxylation is 1. The highest BCUT2D eigenvalue weighted by molar-refractivity contribution is 5.84. The minimum atomic E-state index is -0.390. The Kier molecular flexibility index (Phi) is 5.20. The molecule has 0 spiro atoms. The lowest BCUT2D eigenvalue weighted by molar-refractivity contribution is -0.931. The van der Waals surface area contributed by atoms with E-state index in [1.807, 2.05) is 18.2 Å². The Morgan fingerprint density at radius 3 is 2.76 bits per heavy atom. The fourth-order valence-corrected chi connectivity index (χ4v) is 4.41. The fraction of sp³-hybridized carbons (Fsp3) is 0.348. The number of benzene rings is 2. The van der Waals surface area contributed by atoms with E-state index in [1.54, 1.807) is 33.3 Å². The monoisotopic (exact) mass is 396 g/mol. The van der Waals surface area contributed by atoms with Crippen LogP contribution in [0.3, 0.4) is 0 Å². The second kappa shape index (κ2) is 7.79. The Balaban J connectivity index is 1.72. The normalized spacial score (nSPS) is 18.9. The molecule has 1 saturated heterocycles. The summed E-state index contributed by atoms with van der Waals surface area (Å²) in [6.07, 6.45) is 2.16. The molecular weight excluding hydrogens is 370 g/mol. The number of nitrogens with one attached hydrogen (secondary N) is 1. The molecule has 2 atom stereocenters. The Labute approximate surface area is 169 Å². The molecule has 2 heterocycles. The SMILES string of the molecule is COc1ccc([C@H]2CCC[NH+]2Cc2cc(=O)oc3c(C)c(O)ccc23)c(OC)c1. The number of fused-ring (bicyclic) bond motifs is 1. The van der Waals surface area contributed by atoms with E-state index >= 15 is 0 Å². The van der Waals surface area contributed by atoms with E-state index in [0.717, 1.165) is 47.4 Å². The number of phenols is 1. The molecule has 6 heteroatoms. The minimum Gasteiger partial charge on any atom is -0.508 e. The first-order chi connectivity index (χ1) is 14.0. The summed E-state index contributed by atoms with van der Waals surface area (Å²) in [6, 6.07) is 11.3. The van der Waals surface area contributed by atoms with Crippen LogP contribution in [0.25, 0.3) is 11.0 Å². The average Bonchev–Trinajstić information content (AvgIpc) is 3.18. The first kappa shape index (κ1) is 19.3. The zero-order valence-electron chi connectivity index (χ0n) is 17.0. The van der Waals surface area contributed by atoms with E-state index in [-0.39, 0.29) is 11.8 Å². The van der Waals surface area contributed by atoms with Crippen molar-refractivity contribution in [2.45, 2.75) is 32.4 Å². The van der Waals surface area contributed by atoms with Crippen LogP contribution in [0.4, 0.5) is 0 Å². The zero-order valence-corrected chi connectivity index (χ0v) is 17.0. The van der Waals surface area contributed by atoms with Crippen molar-refractivity contribution in [3.8, 4) is 17.2 Å². The predicted octanol–water partition coefficient (Wildman–Crippen LogP) is 2.74. The van der Waals surface area contributed by atoms with Crippen LogP contribution in [0.5, 0.6) is 17.2 Å². The lowest BCUT2D eigenvalue weighted by atomic mass is 10.0. The molecule has 0 bridgehead atoms. The molecule has 1 aliphatic rings. The number of likely N-dealkylation sites (tertiary alicyclic amines) is 1. The van der Waals surface area contributed by atoms with Gasteiger partial charge in [-0.1, -0.05) is 0 Å². The van der Waals surface area contributed by atoms with Gasteiger partial charge in [0.15, 0.2) is 0 Å². The highest BCUT2D eigenvalue weighted by Crippen LogP contribution is 2.32. The molecule has 1 aromatic heterocycles. The molecule has 6 nitrogen and oxygen atoms in total. The largest absolute Gasteiger partial charge is 0.508 e. The summed E-state index contributed by atoms with van der Waals surface area (Å²) in [6.45, 7) is 3.48. The summed E-state index contributed by atoms with van der Waals surface area (Å²) in [5, 5.41) is 10.9. The number of rotatable bonds is 5. The number of phenolic OH excluding ortho intramolecular Hbond substituents is 1. The molecule has 152 valence electrons. The van der Waals surface area contributed by atoms with Gasteiger partial charge in [-0.2, -0.15) is 0 Å². The summed E-state index contributed by atoms with van der Waals surface area (Å²) < 4.78 is 16.4. The molecule has 0 saturated carbocycles. The van der Waals surface area contributed by atoms with Crippen molar-refractivity contribution in [1.29, 1.82) is 0 Å². The minimum absolute atomic E-state index is 0.132. The van der Waals surface area contributed by atoms with Crippen molar-refractivity contribution in [2.75, 3.05) is 20.8 Å². The predicted molar refractivity (Wildman–Crippen MR) is 110 cm³/mol. The molecule has 1 fully saturated rings. The van der Waals surface area contributed by atoms with E-state index in [1.165, 1.54) is 4.90 Å². The molecule has 4 rings (SSSR count). The average molecular weight is 396 g/mol. The number of ether oxygens (including phenoxy) is 2. The van der Waals surface area contributed by atoms with Crippen LogP contribution < -0.4 is 20.0 Å². The van der Waals surface area contributed by atoms with Gasteiger partial charge in [0, 0.05) is 41.5 Å². The maximum atomic E-state index is 12.2. The van der Waals surface area contributed by atoms with Gasteiger partial charge in [-0.25, -0.2) is 4.79 Å². The second-order valence-corrected chi connectivity index (χ2v) is 7.56. The number of methoxy groups -OCH3 is 2. The quantitative estimate of drug-likeness (QED) is 0.649. The van der Waals surface area contributed by atoms with Crippen LogP contribution in [0.2, 0.25) is 0 Å². The molecular formula is C23H26NO5+. The van der Waals surface area contributed by atoms with Crippen molar-refractivity contribution in [1.82, 2.24) is 0 Å². The van der Waals surface area contributed by atoms with Crippen LogP contribution in [-0.4, -0.2) is 25.9 Å². The summed E-state index contributed by atoms with van der Waals surface area (Å²) >= 11 is 0. The molecule has 3 aromatic rings. The number of hydrogen-bond acceptors (Lipinski definition) is 5. The van der Waals surface area contributed by atoms with E-state index < -0.39 is 5.63 Å². The van der Waals surface area contributed by atoms with Crippen molar-refractivity contribution in [2.24, 2.45) is 0 Å². The Morgan fingerprint density at radius 1 is 1.17 bits per heavy atom. The Bertz CT molecular complexity index is 1100. The van der Waals surface area contributed by atoms with E-state index in [4.69, 9.17) is 13.9 Å². The lowest BCUT2D eigenvalue weighted by Gasteiger charge is -2.24. The topological polar surface area (TPSA) is 73.3 Å². The molecule has 1 unspecified atom stereocenters. The third-order valence-corrected chi connectivity index (χ3v) is 5.94. The van der Waals surface area contributed by atoms with Crippen LogP contribution in [0.15, 0.2) is 45.6 Å². The summed E-state index contributed by atoms with van der Waals surface area (Å²) in [5.41, 5.74) is 2.75. The molecule has 29 heavy (non-hydrogen) atoms. The fourth-order valence-electron chi connectivity index (χ4n) is 4.41. The number of quaternary nitrogens is 1. The van der Waals surface area contributed by atoms with Crippen LogP contribution >= 0.6 is 0 Å². The van der Waals surface area contributed by atoms with Gasteiger partial charge in [0.25, 0.3) is 0 Å². The van der Waals surface area contributed by atoms with Gasteiger partial charge in [0.2, 0.25) is 0 Å². The molecule has 2 aromatic carbocycles. The van der Waals surface area contributed by atoms with Gasteiger partial charge >= 0.3 is 5.63 Å². The third-order valence-electron chi connectivity index (χ3n) is 5.94. The van der Waals surface area contributed by atoms with Crippen molar-refractivity contribution < 1.29 is 23.9 Å². The van der Waals surface area contributed by atoms with E-state index in [9.17, 15) is 9.90 Å². The maximum Gasteiger partial charge on any atom is 0.336 e. The summed E-state index contributed by atoms with van der Waals surface area (Å²) in [7, 11) is 3.32. The molecule has 0 radical (unpaired) electrons. The number of aromatic hydroxyl groups is 1. The Morgan fingerprint density at radius 2 is 2.00 bits per heavy atom. The van der Waals surface area contributed by atoms with Gasteiger partial charge in [0.05, 0.1) is 26.3 Å². The summed E-state index contributed by atoms with van der Waals surface area (Å²) in [4.78, 5) is 13.6. The smallest absolute Gasteiger partial charge is 0.336 e. The van der Waals surface area contributed by atoms with Gasteiger partial charge in [-0.05, 0) is 31.2 Å². The van der Waals surface area contributed by atoms with Crippen molar-refractivity contribution in [3.05, 3.63) is 63.5 Å². The summed E-state index contributed by atoms with van der Waals surface area (Å²) in [5.74, 6) is 1.73. The highest BCUT2D eigenvalue weighted by Gasteiger charge is 2.33. The highest BCUT2D eigenvalue weighted by atomic mass is 16.5. The van der Waals surface area contributed by atoms with Crippen LogP contribution in [0, 0.1) is 6.92 Å². The molecule has 2 N–H and O–H groups in total. The number of hydrogen-bond donors (Lipinski definition) is 2. The van der Waals surface area contributed by atoms with Gasteiger partial charge < -0.3 is 23.9 Å². The zero-order chi connectivity index (χ0) is 20.5.